The van der Waals surface area contributed by atoms with Gasteiger partial charge in [-0.2, -0.15) is 13.2 Å². The van der Waals surface area contributed by atoms with Gasteiger partial charge < -0.3 is 0 Å². The number of halogens is 4. The topological polar surface area (TPSA) is 12.9 Å². The van der Waals surface area contributed by atoms with E-state index < -0.39 is 11.7 Å². The third-order valence-corrected chi connectivity index (χ3v) is 4.42. The summed E-state index contributed by atoms with van der Waals surface area (Å²) in [6.45, 7) is 0. The summed E-state index contributed by atoms with van der Waals surface area (Å²) in [5, 5.41) is 2.32. The molecule has 1 aromatic carbocycles. The molecule has 100 valence electrons. The van der Waals surface area contributed by atoms with Crippen molar-refractivity contribution in [3.63, 3.8) is 0 Å². The predicted octanol–water partition coefficient (Wildman–Crippen LogP) is 5.47. The van der Waals surface area contributed by atoms with Crippen molar-refractivity contribution in [1.82, 2.24) is 4.98 Å². The van der Waals surface area contributed by atoms with Gasteiger partial charge in [-0.25, -0.2) is 4.98 Å². The van der Waals surface area contributed by atoms with Crippen LogP contribution in [0.1, 0.15) is 30.0 Å². The van der Waals surface area contributed by atoms with E-state index in [2.05, 4.69) is 20.9 Å². The number of nitrogens with zero attached hydrogens (tertiary/aromatic N) is 1. The zero-order valence-corrected chi connectivity index (χ0v) is 12.1. The van der Waals surface area contributed by atoms with Gasteiger partial charge in [0, 0.05) is 21.3 Å². The Morgan fingerprint density at radius 3 is 2.63 bits per heavy atom. The number of hydrogen-bond donors (Lipinski definition) is 0. The molecule has 1 nitrogen and oxygen atoms in total. The first-order valence-electron chi connectivity index (χ1n) is 5.77. The van der Waals surface area contributed by atoms with Gasteiger partial charge in [0.15, 0.2) is 0 Å². The molecule has 0 radical (unpaired) electrons. The molecule has 0 aliphatic heterocycles. The molecular formula is C13H9BrF3NS. The molecule has 0 saturated heterocycles. The van der Waals surface area contributed by atoms with Crippen molar-refractivity contribution in [1.29, 1.82) is 0 Å². The van der Waals surface area contributed by atoms with Gasteiger partial charge >= 0.3 is 6.18 Å². The summed E-state index contributed by atoms with van der Waals surface area (Å²) < 4.78 is 39.6. The van der Waals surface area contributed by atoms with Gasteiger partial charge in [-0.15, -0.1) is 11.3 Å². The van der Waals surface area contributed by atoms with Crippen LogP contribution in [0.4, 0.5) is 13.2 Å². The van der Waals surface area contributed by atoms with Crippen LogP contribution in [0.2, 0.25) is 0 Å². The highest BCUT2D eigenvalue weighted by Crippen LogP contribution is 2.44. The standard InChI is InChI=1S/C13H9BrF3NS/c14-8-3-4-9(10(5-8)13(15,16)17)12-18-11(6-19-12)7-1-2-7/h3-7H,1-2H2. The summed E-state index contributed by atoms with van der Waals surface area (Å²) in [4.78, 5) is 4.35. The van der Waals surface area contributed by atoms with Crippen LogP contribution in [0.5, 0.6) is 0 Å². The van der Waals surface area contributed by atoms with Crippen molar-refractivity contribution in [3.05, 3.63) is 39.3 Å². The van der Waals surface area contributed by atoms with Crippen molar-refractivity contribution in [2.24, 2.45) is 0 Å². The molecule has 1 aliphatic rings. The Bertz CT molecular complexity index is 617. The van der Waals surface area contributed by atoms with E-state index in [4.69, 9.17) is 0 Å². The zero-order valence-electron chi connectivity index (χ0n) is 9.67. The number of rotatable bonds is 2. The summed E-state index contributed by atoms with van der Waals surface area (Å²) in [6.07, 6.45) is -2.18. The maximum Gasteiger partial charge on any atom is 0.417 e. The highest BCUT2D eigenvalue weighted by Gasteiger charge is 2.35. The van der Waals surface area contributed by atoms with Gasteiger partial charge in [0.05, 0.1) is 11.3 Å². The summed E-state index contributed by atoms with van der Waals surface area (Å²) in [7, 11) is 0. The summed E-state index contributed by atoms with van der Waals surface area (Å²) in [6, 6.07) is 4.19. The lowest BCUT2D eigenvalue weighted by molar-refractivity contribution is -0.137. The summed E-state index contributed by atoms with van der Waals surface area (Å²) >= 11 is 4.36. The highest BCUT2D eigenvalue weighted by atomic mass is 79.9. The molecule has 0 spiro atoms. The van der Waals surface area contributed by atoms with Crippen LogP contribution in [0.25, 0.3) is 10.6 Å². The van der Waals surface area contributed by atoms with Crippen molar-refractivity contribution >= 4 is 27.3 Å². The molecular weight excluding hydrogens is 339 g/mol. The first-order valence-corrected chi connectivity index (χ1v) is 7.45. The predicted molar refractivity (Wildman–Crippen MR) is 72.2 cm³/mol. The molecule has 3 rings (SSSR count). The molecule has 0 bridgehead atoms. The number of hydrogen-bond acceptors (Lipinski definition) is 2. The van der Waals surface area contributed by atoms with Gasteiger partial charge in [0.1, 0.15) is 5.01 Å². The third-order valence-electron chi connectivity index (χ3n) is 3.03. The van der Waals surface area contributed by atoms with Crippen molar-refractivity contribution in [3.8, 4) is 10.6 Å². The average Bonchev–Trinajstić information content (AvgIpc) is 3.07. The van der Waals surface area contributed by atoms with Crippen LogP contribution < -0.4 is 0 Å². The molecule has 1 fully saturated rings. The maximum absolute atomic E-state index is 13.0. The van der Waals surface area contributed by atoms with Crippen LogP contribution in [0.15, 0.2) is 28.1 Å². The van der Waals surface area contributed by atoms with E-state index in [0.29, 0.717) is 15.4 Å². The Morgan fingerprint density at radius 1 is 1.26 bits per heavy atom. The van der Waals surface area contributed by atoms with Crippen molar-refractivity contribution in [2.75, 3.05) is 0 Å². The number of benzene rings is 1. The minimum absolute atomic E-state index is 0.160. The van der Waals surface area contributed by atoms with Crippen molar-refractivity contribution in [2.45, 2.75) is 24.9 Å². The molecule has 1 aliphatic carbocycles. The molecule has 0 amide bonds. The molecule has 2 aromatic rings. The van der Waals surface area contributed by atoms with Gasteiger partial charge in [-0.05, 0) is 25.0 Å². The van der Waals surface area contributed by atoms with Gasteiger partial charge in [-0.1, -0.05) is 22.0 Å². The van der Waals surface area contributed by atoms with Crippen LogP contribution in [0.3, 0.4) is 0 Å². The Hall–Kier alpha value is -0.880. The molecule has 6 heteroatoms. The van der Waals surface area contributed by atoms with Gasteiger partial charge in [0.25, 0.3) is 0 Å². The fraction of sp³-hybridized carbons (Fsp3) is 0.308. The first-order chi connectivity index (χ1) is 8.95. The van der Waals surface area contributed by atoms with E-state index in [1.165, 1.54) is 17.4 Å². The Kier molecular flexibility index (Phi) is 3.17. The lowest BCUT2D eigenvalue weighted by Gasteiger charge is -2.11. The number of alkyl halides is 3. The molecule has 0 atom stereocenters. The van der Waals surface area contributed by atoms with Crippen molar-refractivity contribution < 1.29 is 13.2 Å². The largest absolute Gasteiger partial charge is 0.417 e. The zero-order chi connectivity index (χ0) is 13.6. The quantitative estimate of drug-likeness (QED) is 0.701. The Morgan fingerprint density at radius 2 is 2.00 bits per heavy atom. The first kappa shape index (κ1) is 13.1. The Labute approximate surface area is 120 Å². The average molecular weight is 348 g/mol. The van der Waals surface area contributed by atoms with Crippen LogP contribution >= 0.6 is 27.3 Å². The van der Waals surface area contributed by atoms with Crippen LogP contribution in [-0.4, -0.2) is 4.98 Å². The SMILES string of the molecule is FC(F)(F)c1cc(Br)ccc1-c1nc(C2CC2)cs1. The minimum Gasteiger partial charge on any atom is -0.241 e. The van der Waals surface area contributed by atoms with Gasteiger partial charge in [0.2, 0.25) is 0 Å². The monoisotopic (exact) mass is 347 g/mol. The van der Waals surface area contributed by atoms with Crippen LogP contribution in [0, 0.1) is 0 Å². The lowest BCUT2D eigenvalue weighted by Crippen LogP contribution is -2.07. The fourth-order valence-corrected chi connectivity index (χ4v) is 3.22. The normalized spacial score (nSPS) is 15.8. The van der Waals surface area contributed by atoms with E-state index in [1.54, 1.807) is 6.07 Å². The lowest BCUT2D eigenvalue weighted by atomic mass is 10.1. The third kappa shape index (κ3) is 2.69. The molecule has 0 unspecified atom stereocenters. The van der Waals surface area contributed by atoms with E-state index in [9.17, 15) is 13.2 Å². The smallest absolute Gasteiger partial charge is 0.241 e. The molecule has 0 N–H and O–H groups in total. The van der Waals surface area contributed by atoms with Gasteiger partial charge in [-0.3, -0.25) is 0 Å². The minimum atomic E-state index is -4.37. The molecule has 1 aromatic heterocycles. The molecule has 1 saturated carbocycles. The molecule has 1 heterocycles. The molecule has 19 heavy (non-hydrogen) atoms. The summed E-state index contributed by atoms with van der Waals surface area (Å²) in [5.74, 6) is 0.454. The van der Waals surface area contributed by atoms with E-state index in [-0.39, 0.29) is 5.56 Å². The number of thiazole rings is 1. The van der Waals surface area contributed by atoms with E-state index >= 15 is 0 Å². The van der Waals surface area contributed by atoms with E-state index in [0.717, 1.165) is 24.6 Å². The second kappa shape index (κ2) is 4.59. The highest BCUT2D eigenvalue weighted by molar-refractivity contribution is 9.10. The maximum atomic E-state index is 13.0. The summed E-state index contributed by atoms with van der Waals surface area (Å²) in [5.41, 5.74) is 0.446. The Balaban J connectivity index is 2.07. The van der Waals surface area contributed by atoms with E-state index in [1.807, 2.05) is 5.38 Å². The second-order valence-corrected chi connectivity index (χ2v) is 6.31. The second-order valence-electron chi connectivity index (χ2n) is 4.54. The fourth-order valence-electron chi connectivity index (χ4n) is 1.91. The number of aromatic nitrogens is 1. The van der Waals surface area contributed by atoms with Crippen LogP contribution in [-0.2, 0) is 6.18 Å².